The van der Waals surface area contributed by atoms with Crippen LogP contribution in [0.1, 0.15) is 0 Å². The van der Waals surface area contributed by atoms with Crippen molar-refractivity contribution in [2.45, 2.75) is 0 Å². The maximum atomic E-state index is 10.7. The van der Waals surface area contributed by atoms with Crippen LogP contribution in [-0.4, -0.2) is 28.2 Å². The van der Waals surface area contributed by atoms with Gasteiger partial charge in [-0.25, -0.2) is 0 Å². The van der Waals surface area contributed by atoms with Gasteiger partial charge in [-0.2, -0.15) is 0 Å². The molecule has 0 unspecified atom stereocenters. The lowest BCUT2D eigenvalue weighted by atomic mass is 10.2. The highest BCUT2D eigenvalue weighted by molar-refractivity contribution is 5.61. The van der Waals surface area contributed by atoms with Crippen molar-refractivity contribution in [1.82, 2.24) is 0 Å². The van der Waals surface area contributed by atoms with Crippen molar-refractivity contribution < 1.29 is 19.7 Å². The minimum Gasteiger partial charge on any atom is -0.484 e. The first kappa shape index (κ1) is 11.9. The van der Waals surface area contributed by atoms with Crippen LogP contribution in [0.15, 0.2) is 18.2 Å². The second-order valence-corrected chi connectivity index (χ2v) is 2.71. The maximum Gasteiger partial charge on any atom is 0.387 e. The van der Waals surface area contributed by atoms with Gasteiger partial charge in [0.15, 0.2) is 0 Å². The van der Waals surface area contributed by atoms with E-state index in [1.165, 1.54) is 12.1 Å². The Labute approximate surface area is 89.4 Å². The number of para-hydroxylation sites is 1. The zero-order valence-corrected chi connectivity index (χ0v) is 8.03. The summed E-state index contributed by atoms with van der Waals surface area (Å²) in [6.07, 6.45) is 0. The number of nitro groups is 2. The lowest BCUT2D eigenvalue weighted by Crippen LogP contribution is -2.05. The molecule has 8 nitrogen and oxygen atoms in total. The third kappa shape index (κ3) is 2.42. The molecule has 0 spiro atoms. The number of rotatable bonds is 5. The van der Waals surface area contributed by atoms with E-state index in [0.29, 0.717) is 0 Å². The standard InChI is InChI=1S/C8H8N2O6/c11-4-5-16-7-3-1-2-6(9(12)13)8(7)10(14)15/h1-3,11H,4-5H2. The quantitative estimate of drug-likeness (QED) is 0.590. The highest BCUT2D eigenvalue weighted by Crippen LogP contribution is 2.35. The van der Waals surface area contributed by atoms with E-state index >= 15 is 0 Å². The van der Waals surface area contributed by atoms with Gasteiger partial charge >= 0.3 is 11.4 Å². The number of benzene rings is 1. The summed E-state index contributed by atoms with van der Waals surface area (Å²) in [5.74, 6) is -0.228. The predicted molar refractivity (Wildman–Crippen MR) is 52.3 cm³/mol. The number of hydrogen-bond acceptors (Lipinski definition) is 6. The Morgan fingerprint density at radius 2 is 1.94 bits per heavy atom. The van der Waals surface area contributed by atoms with Gasteiger partial charge in [-0.1, -0.05) is 6.07 Å². The molecule has 1 rings (SSSR count). The molecule has 0 aliphatic heterocycles. The van der Waals surface area contributed by atoms with Gasteiger partial charge in [-0.3, -0.25) is 20.2 Å². The summed E-state index contributed by atoms with van der Waals surface area (Å²) in [7, 11) is 0. The minimum absolute atomic E-state index is 0.165. The van der Waals surface area contributed by atoms with Crippen LogP contribution in [0, 0.1) is 20.2 Å². The molecule has 0 atom stereocenters. The topological polar surface area (TPSA) is 116 Å². The van der Waals surface area contributed by atoms with E-state index in [0.717, 1.165) is 6.07 Å². The summed E-state index contributed by atoms with van der Waals surface area (Å²) in [6, 6.07) is 3.53. The summed E-state index contributed by atoms with van der Waals surface area (Å²) >= 11 is 0. The van der Waals surface area contributed by atoms with Crippen LogP contribution in [-0.2, 0) is 0 Å². The monoisotopic (exact) mass is 228 g/mol. The Morgan fingerprint density at radius 1 is 1.25 bits per heavy atom. The molecule has 0 heterocycles. The first-order chi connectivity index (χ1) is 7.57. The number of hydrogen-bond donors (Lipinski definition) is 1. The molecule has 0 saturated carbocycles. The molecule has 1 aromatic rings. The van der Waals surface area contributed by atoms with E-state index in [1.54, 1.807) is 0 Å². The lowest BCUT2D eigenvalue weighted by molar-refractivity contribution is -0.423. The minimum atomic E-state index is -0.884. The molecular formula is C8H8N2O6. The molecule has 0 amide bonds. The van der Waals surface area contributed by atoms with Gasteiger partial charge in [0.05, 0.1) is 16.5 Å². The average Bonchev–Trinajstić information content (AvgIpc) is 2.25. The summed E-state index contributed by atoms with van der Waals surface area (Å²) in [5, 5.41) is 29.7. The Bertz CT molecular complexity index is 419. The van der Waals surface area contributed by atoms with Crippen LogP contribution in [0.4, 0.5) is 11.4 Å². The van der Waals surface area contributed by atoms with Crippen LogP contribution in [0.25, 0.3) is 0 Å². The maximum absolute atomic E-state index is 10.7. The molecule has 1 N–H and O–H groups in total. The Kier molecular flexibility index (Phi) is 3.72. The molecule has 8 heteroatoms. The zero-order chi connectivity index (χ0) is 12.1. The summed E-state index contributed by atoms with van der Waals surface area (Å²) in [4.78, 5) is 19.5. The Balaban J connectivity index is 3.21. The normalized spacial score (nSPS) is 9.81. The fourth-order valence-electron chi connectivity index (χ4n) is 1.11. The number of nitro benzene ring substituents is 2. The zero-order valence-electron chi connectivity index (χ0n) is 8.03. The van der Waals surface area contributed by atoms with Crippen LogP contribution < -0.4 is 4.74 Å². The second-order valence-electron chi connectivity index (χ2n) is 2.71. The van der Waals surface area contributed by atoms with E-state index in [1.807, 2.05) is 0 Å². The molecule has 0 aliphatic carbocycles. The number of nitrogens with zero attached hydrogens (tertiary/aromatic N) is 2. The Morgan fingerprint density at radius 3 is 2.44 bits per heavy atom. The molecule has 1 aromatic carbocycles. The fourth-order valence-corrected chi connectivity index (χ4v) is 1.11. The highest BCUT2D eigenvalue weighted by Gasteiger charge is 2.29. The van der Waals surface area contributed by atoms with Gasteiger partial charge in [0.2, 0.25) is 5.75 Å². The lowest BCUT2D eigenvalue weighted by Gasteiger charge is -2.04. The molecule has 0 saturated heterocycles. The van der Waals surface area contributed by atoms with Crippen molar-refractivity contribution in [3.05, 3.63) is 38.4 Å². The van der Waals surface area contributed by atoms with Crippen LogP contribution in [0.3, 0.4) is 0 Å². The number of aliphatic hydroxyl groups excluding tert-OH is 1. The SMILES string of the molecule is O=[N+]([O-])c1cccc(OCCO)c1[N+](=O)[O-]. The average molecular weight is 228 g/mol. The number of ether oxygens (including phenoxy) is 1. The molecular weight excluding hydrogens is 220 g/mol. The third-order valence-corrected chi connectivity index (χ3v) is 1.71. The fraction of sp³-hybridized carbons (Fsp3) is 0.250. The van der Waals surface area contributed by atoms with Gasteiger partial charge < -0.3 is 9.84 Å². The van der Waals surface area contributed by atoms with Crippen molar-refractivity contribution in [2.75, 3.05) is 13.2 Å². The molecule has 16 heavy (non-hydrogen) atoms. The smallest absolute Gasteiger partial charge is 0.387 e. The van der Waals surface area contributed by atoms with Gasteiger partial charge in [-0.05, 0) is 6.07 Å². The van der Waals surface area contributed by atoms with E-state index in [9.17, 15) is 20.2 Å². The van der Waals surface area contributed by atoms with Gasteiger partial charge in [0.1, 0.15) is 6.61 Å². The van der Waals surface area contributed by atoms with Gasteiger partial charge in [0, 0.05) is 6.07 Å². The van der Waals surface area contributed by atoms with Gasteiger partial charge in [0.25, 0.3) is 0 Å². The van der Waals surface area contributed by atoms with Crippen molar-refractivity contribution >= 4 is 11.4 Å². The van der Waals surface area contributed by atoms with Crippen LogP contribution in [0.5, 0.6) is 5.75 Å². The van der Waals surface area contributed by atoms with Crippen molar-refractivity contribution in [1.29, 1.82) is 0 Å². The summed E-state index contributed by atoms with van der Waals surface area (Å²) in [5.41, 5.74) is -1.35. The molecule has 0 bridgehead atoms. The summed E-state index contributed by atoms with van der Waals surface area (Å²) in [6.45, 7) is -0.498. The first-order valence-corrected chi connectivity index (χ1v) is 4.23. The van der Waals surface area contributed by atoms with Crippen molar-refractivity contribution in [3.8, 4) is 5.75 Å². The molecule has 86 valence electrons. The largest absolute Gasteiger partial charge is 0.484 e. The molecule has 0 fully saturated rings. The van der Waals surface area contributed by atoms with E-state index in [2.05, 4.69) is 0 Å². The van der Waals surface area contributed by atoms with Crippen LogP contribution >= 0.6 is 0 Å². The molecule has 0 radical (unpaired) electrons. The third-order valence-electron chi connectivity index (χ3n) is 1.71. The first-order valence-electron chi connectivity index (χ1n) is 4.23. The molecule has 0 aromatic heterocycles. The van der Waals surface area contributed by atoms with Crippen molar-refractivity contribution in [2.24, 2.45) is 0 Å². The van der Waals surface area contributed by atoms with Gasteiger partial charge in [-0.15, -0.1) is 0 Å². The van der Waals surface area contributed by atoms with E-state index in [-0.39, 0.29) is 19.0 Å². The summed E-state index contributed by atoms with van der Waals surface area (Å²) < 4.78 is 4.84. The predicted octanol–water partition coefficient (Wildman–Crippen LogP) is 0.874. The van der Waals surface area contributed by atoms with Crippen molar-refractivity contribution in [3.63, 3.8) is 0 Å². The van der Waals surface area contributed by atoms with E-state index < -0.39 is 21.2 Å². The highest BCUT2D eigenvalue weighted by atomic mass is 16.6. The Hall–Kier alpha value is -2.22. The number of aliphatic hydroxyl groups is 1. The molecule has 0 aliphatic rings. The second kappa shape index (κ2) is 5.03. The van der Waals surface area contributed by atoms with Crippen LogP contribution in [0.2, 0.25) is 0 Å². The van der Waals surface area contributed by atoms with E-state index in [4.69, 9.17) is 9.84 Å².